The van der Waals surface area contributed by atoms with Gasteiger partial charge in [0.2, 0.25) is 5.91 Å². The van der Waals surface area contributed by atoms with Crippen LogP contribution < -0.4 is 5.32 Å². The third-order valence-corrected chi connectivity index (χ3v) is 4.45. The third-order valence-electron chi connectivity index (χ3n) is 3.45. The zero-order chi connectivity index (χ0) is 14.5. The largest absolute Gasteiger partial charge is 0.351 e. The minimum atomic E-state index is 0. The van der Waals surface area contributed by atoms with Crippen molar-refractivity contribution < 1.29 is 4.79 Å². The summed E-state index contributed by atoms with van der Waals surface area (Å²) in [6.07, 6.45) is 0. The summed E-state index contributed by atoms with van der Waals surface area (Å²) in [5.41, 5.74) is 0. The van der Waals surface area contributed by atoms with Gasteiger partial charge in [-0.05, 0) is 19.1 Å². The van der Waals surface area contributed by atoms with Crippen molar-refractivity contribution in [3.8, 4) is 0 Å². The Bertz CT molecular complexity index is 495. The first-order valence-electron chi connectivity index (χ1n) is 6.86. The number of carbonyl (C=O) groups is 1. The summed E-state index contributed by atoms with van der Waals surface area (Å²) in [5, 5.41) is 3.40. The number of piperazine rings is 1. The number of hydrogen-bond donors (Lipinski definition) is 1. The summed E-state index contributed by atoms with van der Waals surface area (Å²) >= 11 is 1.80. The molecule has 0 aromatic carbocycles. The highest BCUT2D eigenvalue weighted by Crippen LogP contribution is 2.14. The van der Waals surface area contributed by atoms with Gasteiger partial charge >= 0.3 is 0 Å². The van der Waals surface area contributed by atoms with E-state index in [0.29, 0.717) is 0 Å². The lowest BCUT2D eigenvalue weighted by Crippen LogP contribution is -2.53. The van der Waals surface area contributed by atoms with Crippen molar-refractivity contribution in [2.24, 2.45) is 4.99 Å². The zero-order valence-corrected chi connectivity index (χ0v) is 15.9. The van der Waals surface area contributed by atoms with Crippen LogP contribution in [0.5, 0.6) is 0 Å². The SMILES string of the molecule is CN=C(NCc1ccc(C)s1)N1CCN(C(C)=O)CC1.I. The maximum absolute atomic E-state index is 11.3. The van der Waals surface area contributed by atoms with Crippen molar-refractivity contribution in [2.75, 3.05) is 33.2 Å². The van der Waals surface area contributed by atoms with E-state index in [0.717, 1.165) is 38.7 Å². The maximum atomic E-state index is 11.3. The molecule has 118 valence electrons. The van der Waals surface area contributed by atoms with Crippen LogP contribution in [-0.2, 0) is 11.3 Å². The van der Waals surface area contributed by atoms with Gasteiger partial charge in [-0.25, -0.2) is 0 Å². The monoisotopic (exact) mass is 422 g/mol. The molecule has 1 aliphatic heterocycles. The Morgan fingerprint density at radius 1 is 1.29 bits per heavy atom. The Labute approximate surface area is 147 Å². The van der Waals surface area contributed by atoms with Crippen LogP contribution in [0, 0.1) is 6.92 Å². The molecule has 2 rings (SSSR count). The molecule has 0 atom stereocenters. The van der Waals surface area contributed by atoms with Gasteiger partial charge in [0.1, 0.15) is 0 Å². The van der Waals surface area contributed by atoms with Crippen LogP contribution in [0.25, 0.3) is 0 Å². The first-order valence-corrected chi connectivity index (χ1v) is 7.68. The minimum absolute atomic E-state index is 0. The average molecular weight is 422 g/mol. The quantitative estimate of drug-likeness (QED) is 0.450. The molecule has 1 aromatic heterocycles. The molecular weight excluding hydrogens is 399 g/mol. The molecule has 0 aliphatic carbocycles. The van der Waals surface area contributed by atoms with Gasteiger partial charge in [-0.15, -0.1) is 35.3 Å². The van der Waals surface area contributed by atoms with Crippen LogP contribution in [0.3, 0.4) is 0 Å². The molecule has 0 saturated carbocycles. The highest BCUT2D eigenvalue weighted by atomic mass is 127. The standard InChI is InChI=1S/C14H22N4OS.HI/c1-11-4-5-13(20-11)10-16-14(15-3)18-8-6-17(7-9-18)12(2)19;/h4-5H,6-10H2,1-3H3,(H,15,16);1H. The lowest BCUT2D eigenvalue weighted by Gasteiger charge is -2.36. The molecule has 5 nitrogen and oxygen atoms in total. The Balaban J connectivity index is 0.00000220. The predicted molar refractivity (Wildman–Crippen MR) is 98.5 cm³/mol. The number of halogens is 1. The number of nitrogens with zero attached hydrogens (tertiary/aromatic N) is 3. The third kappa shape index (κ3) is 5.14. The van der Waals surface area contributed by atoms with Gasteiger partial charge in [0, 0.05) is 49.9 Å². The number of aryl methyl sites for hydroxylation is 1. The minimum Gasteiger partial charge on any atom is -0.351 e. The molecular formula is C14H23IN4OS. The first-order chi connectivity index (χ1) is 9.60. The normalized spacial score (nSPS) is 15.7. The Morgan fingerprint density at radius 3 is 2.38 bits per heavy atom. The molecule has 1 fully saturated rings. The summed E-state index contributed by atoms with van der Waals surface area (Å²) in [5.74, 6) is 1.07. The van der Waals surface area contributed by atoms with Crippen LogP contribution in [-0.4, -0.2) is 54.9 Å². The molecule has 1 aromatic rings. The Morgan fingerprint density at radius 2 is 1.90 bits per heavy atom. The topological polar surface area (TPSA) is 47.9 Å². The van der Waals surface area contributed by atoms with Crippen molar-refractivity contribution in [1.82, 2.24) is 15.1 Å². The molecule has 0 unspecified atom stereocenters. The van der Waals surface area contributed by atoms with Crippen LogP contribution in [0.4, 0.5) is 0 Å². The van der Waals surface area contributed by atoms with Gasteiger partial charge in [0.15, 0.2) is 5.96 Å². The summed E-state index contributed by atoms with van der Waals surface area (Å²) in [6, 6.07) is 4.28. The summed E-state index contributed by atoms with van der Waals surface area (Å²) in [7, 11) is 1.80. The molecule has 2 heterocycles. The van der Waals surface area contributed by atoms with Crippen LogP contribution in [0.2, 0.25) is 0 Å². The van der Waals surface area contributed by atoms with Gasteiger partial charge in [-0.1, -0.05) is 0 Å². The number of amides is 1. The molecule has 0 spiro atoms. The predicted octanol–water partition coefficient (Wildman–Crippen LogP) is 1.91. The molecule has 1 amide bonds. The number of hydrogen-bond acceptors (Lipinski definition) is 3. The van der Waals surface area contributed by atoms with Crippen molar-refractivity contribution in [3.05, 3.63) is 21.9 Å². The van der Waals surface area contributed by atoms with E-state index in [9.17, 15) is 4.79 Å². The van der Waals surface area contributed by atoms with E-state index in [-0.39, 0.29) is 29.9 Å². The van der Waals surface area contributed by atoms with E-state index < -0.39 is 0 Å². The van der Waals surface area contributed by atoms with Gasteiger partial charge < -0.3 is 15.1 Å². The molecule has 1 N–H and O–H groups in total. The summed E-state index contributed by atoms with van der Waals surface area (Å²) in [4.78, 5) is 22.4. The highest BCUT2D eigenvalue weighted by Gasteiger charge is 2.20. The molecule has 21 heavy (non-hydrogen) atoms. The van der Waals surface area contributed by atoms with E-state index in [4.69, 9.17) is 0 Å². The van der Waals surface area contributed by atoms with Crippen LogP contribution in [0.15, 0.2) is 17.1 Å². The van der Waals surface area contributed by atoms with Crippen molar-refractivity contribution >= 4 is 47.2 Å². The van der Waals surface area contributed by atoms with Crippen molar-refractivity contribution in [2.45, 2.75) is 20.4 Å². The van der Waals surface area contributed by atoms with E-state index >= 15 is 0 Å². The van der Waals surface area contributed by atoms with Gasteiger partial charge in [-0.3, -0.25) is 9.79 Å². The number of carbonyl (C=O) groups excluding carboxylic acids is 1. The average Bonchev–Trinajstić information content (AvgIpc) is 2.86. The summed E-state index contributed by atoms with van der Waals surface area (Å²) < 4.78 is 0. The maximum Gasteiger partial charge on any atom is 0.219 e. The van der Waals surface area contributed by atoms with Crippen LogP contribution in [0.1, 0.15) is 16.7 Å². The van der Waals surface area contributed by atoms with E-state index in [2.05, 4.69) is 34.3 Å². The van der Waals surface area contributed by atoms with Crippen molar-refractivity contribution in [3.63, 3.8) is 0 Å². The van der Waals surface area contributed by atoms with E-state index in [1.807, 2.05) is 4.90 Å². The van der Waals surface area contributed by atoms with Crippen LogP contribution >= 0.6 is 35.3 Å². The second kappa shape index (κ2) is 8.57. The number of nitrogens with one attached hydrogen (secondary N) is 1. The van der Waals surface area contributed by atoms with Gasteiger partial charge in [-0.2, -0.15) is 0 Å². The smallest absolute Gasteiger partial charge is 0.219 e. The molecule has 7 heteroatoms. The first kappa shape index (κ1) is 18.2. The lowest BCUT2D eigenvalue weighted by molar-refractivity contribution is -0.130. The van der Waals surface area contributed by atoms with E-state index in [1.54, 1.807) is 25.3 Å². The highest BCUT2D eigenvalue weighted by molar-refractivity contribution is 14.0. The van der Waals surface area contributed by atoms with Crippen molar-refractivity contribution in [1.29, 1.82) is 0 Å². The molecule has 0 bridgehead atoms. The molecule has 1 saturated heterocycles. The lowest BCUT2D eigenvalue weighted by atomic mass is 10.3. The molecule has 1 aliphatic rings. The second-order valence-corrected chi connectivity index (χ2v) is 6.28. The van der Waals surface area contributed by atoms with Gasteiger partial charge in [0.05, 0.1) is 6.54 Å². The molecule has 0 radical (unpaired) electrons. The van der Waals surface area contributed by atoms with E-state index in [1.165, 1.54) is 9.75 Å². The summed E-state index contributed by atoms with van der Waals surface area (Å²) in [6.45, 7) is 7.76. The Kier molecular flexibility index (Phi) is 7.44. The Hall–Kier alpha value is -0.830. The number of rotatable bonds is 2. The zero-order valence-electron chi connectivity index (χ0n) is 12.8. The fourth-order valence-electron chi connectivity index (χ4n) is 2.31. The second-order valence-electron chi connectivity index (χ2n) is 4.91. The fourth-order valence-corrected chi connectivity index (χ4v) is 3.14. The fraction of sp³-hybridized carbons (Fsp3) is 0.571. The number of aliphatic imine (C=N–C) groups is 1. The van der Waals surface area contributed by atoms with Gasteiger partial charge in [0.25, 0.3) is 0 Å². The number of thiophene rings is 1. The number of guanidine groups is 1.